The number of hydrogen-bond donors (Lipinski definition) is 2. The van der Waals surface area contributed by atoms with Gasteiger partial charge < -0.3 is 15.4 Å². The van der Waals surface area contributed by atoms with Gasteiger partial charge in [0.2, 0.25) is 0 Å². The Kier molecular flexibility index (Phi) is 5.77. The van der Waals surface area contributed by atoms with E-state index >= 15 is 0 Å². The van der Waals surface area contributed by atoms with Crippen LogP contribution in [0.15, 0.2) is 6.20 Å². The van der Waals surface area contributed by atoms with E-state index in [2.05, 4.69) is 20.5 Å². The fourth-order valence-corrected chi connectivity index (χ4v) is 3.31. The van der Waals surface area contributed by atoms with Crippen molar-refractivity contribution in [3.05, 3.63) is 16.1 Å². The summed E-state index contributed by atoms with van der Waals surface area (Å²) in [7, 11) is 0. The molecule has 1 saturated heterocycles. The molecule has 0 aromatic carbocycles. The molecule has 6 nitrogen and oxygen atoms in total. The van der Waals surface area contributed by atoms with Gasteiger partial charge in [-0.3, -0.25) is 4.90 Å². The Morgan fingerprint density at radius 1 is 1.50 bits per heavy atom. The van der Waals surface area contributed by atoms with Crippen molar-refractivity contribution in [3.8, 4) is 0 Å². The molecule has 1 aliphatic heterocycles. The molecule has 1 fully saturated rings. The number of urea groups is 1. The Hall–Kier alpha value is -1.18. The van der Waals surface area contributed by atoms with Gasteiger partial charge in [0.1, 0.15) is 5.01 Å². The van der Waals surface area contributed by atoms with Gasteiger partial charge in [0.05, 0.1) is 19.3 Å². The first kappa shape index (κ1) is 17.2. The first-order valence-corrected chi connectivity index (χ1v) is 8.48. The van der Waals surface area contributed by atoms with E-state index in [1.54, 1.807) is 11.3 Å². The van der Waals surface area contributed by atoms with Crippen molar-refractivity contribution in [2.24, 2.45) is 0 Å². The number of nitrogens with one attached hydrogen (secondary N) is 2. The number of aryl methyl sites for hydroxylation is 1. The SMILES string of the molecule is Cc1cnc(C(C)NC(=O)NC(C)(C)CN2CCOCC2)s1. The lowest BCUT2D eigenvalue weighted by Crippen LogP contribution is -2.56. The van der Waals surface area contributed by atoms with Crippen LogP contribution in [0, 0.1) is 6.92 Å². The predicted molar refractivity (Wildman–Crippen MR) is 88.3 cm³/mol. The number of aromatic nitrogens is 1. The summed E-state index contributed by atoms with van der Waals surface area (Å²) in [6, 6.07) is -0.239. The third-order valence-electron chi connectivity index (χ3n) is 3.53. The molecular formula is C15H26N4O2S. The number of rotatable bonds is 5. The average molecular weight is 326 g/mol. The number of amides is 2. The molecule has 124 valence electrons. The van der Waals surface area contributed by atoms with Crippen LogP contribution in [0.5, 0.6) is 0 Å². The largest absolute Gasteiger partial charge is 0.379 e. The quantitative estimate of drug-likeness (QED) is 0.867. The van der Waals surface area contributed by atoms with Gasteiger partial charge in [-0.25, -0.2) is 9.78 Å². The molecule has 0 saturated carbocycles. The summed E-state index contributed by atoms with van der Waals surface area (Å²) in [6.07, 6.45) is 1.83. The minimum Gasteiger partial charge on any atom is -0.379 e. The average Bonchev–Trinajstić information content (AvgIpc) is 2.85. The maximum absolute atomic E-state index is 12.2. The normalized spacial score (nSPS) is 18.0. The molecule has 2 amide bonds. The van der Waals surface area contributed by atoms with Crippen molar-refractivity contribution >= 4 is 17.4 Å². The van der Waals surface area contributed by atoms with Gasteiger partial charge in [0.25, 0.3) is 0 Å². The highest BCUT2D eigenvalue weighted by Crippen LogP contribution is 2.19. The lowest BCUT2D eigenvalue weighted by atomic mass is 10.0. The molecule has 0 bridgehead atoms. The second-order valence-electron chi connectivity index (χ2n) is 6.40. The summed E-state index contributed by atoms with van der Waals surface area (Å²) in [6.45, 7) is 12.2. The van der Waals surface area contributed by atoms with Gasteiger partial charge in [-0.1, -0.05) is 0 Å². The molecule has 2 rings (SSSR count). The van der Waals surface area contributed by atoms with Crippen LogP contribution in [-0.4, -0.2) is 54.3 Å². The fourth-order valence-electron chi connectivity index (χ4n) is 2.53. The Labute approximate surface area is 136 Å². The monoisotopic (exact) mass is 326 g/mol. The number of carbonyl (C=O) groups excluding carboxylic acids is 1. The van der Waals surface area contributed by atoms with Crippen molar-refractivity contribution in [2.75, 3.05) is 32.8 Å². The zero-order chi connectivity index (χ0) is 16.2. The van der Waals surface area contributed by atoms with Crippen LogP contribution in [0.4, 0.5) is 4.79 Å². The highest BCUT2D eigenvalue weighted by atomic mass is 32.1. The van der Waals surface area contributed by atoms with Crippen LogP contribution in [0.25, 0.3) is 0 Å². The van der Waals surface area contributed by atoms with Gasteiger partial charge in [0.15, 0.2) is 0 Å². The molecule has 1 unspecified atom stereocenters. The van der Waals surface area contributed by atoms with Crippen molar-refractivity contribution in [3.63, 3.8) is 0 Å². The molecule has 22 heavy (non-hydrogen) atoms. The van der Waals surface area contributed by atoms with Gasteiger partial charge in [-0.05, 0) is 27.7 Å². The molecule has 1 aromatic heterocycles. The molecule has 1 atom stereocenters. The predicted octanol–water partition coefficient (Wildman–Crippen LogP) is 1.92. The zero-order valence-electron chi connectivity index (χ0n) is 13.8. The molecule has 0 radical (unpaired) electrons. The summed E-state index contributed by atoms with van der Waals surface area (Å²) in [5.41, 5.74) is -0.292. The highest BCUT2D eigenvalue weighted by molar-refractivity contribution is 7.11. The van der Waals surface area contributed by atoms with Crippen molar-refractivity contribution in [1.82, 2.24) is 20.5 Å². The Balaban J connectivity index is 1.81. The van der Waals surface area contributed by atoms with Crippen molar-refractivity contribution < 1.29 is 9.53 Å². The van der Waals surface area contributed by atoms with Crippen LogP contribution < -0.4 is 10.6 Å². The van der Waals surface area contributed by atoms with E-state index < -0.39 is 0 Å². The number of thiazole rings is 1. The molecule has 2 heterocycles. The second-order valence-corrected chi connectivity index (χ2v) is 7.67. The summed E-state index contributed by atoms with van der Waals surface area (Å²) in [5, 5.41) is 6.94. The van der Waals surface area contributed by atoms with E-state index in [9.17, 15) is 4.79 Å². The molecule has 1 aromatic rings. The number of morpholine rings is 1. The van der Waals surface area contributed by atoms with Crippen molar-refractivity contribution in [2.45, 2.75) is 39.3 Å². The number of ether oxygens (including phenoxy) is 1. The summed E-state index contributed by atoms with van der Waals surface area (Å²) in [5.74, 6) is 0. The van der Waals surface area contributed by atoms with E-state index in [0.29, 0.717) is 0 Å². The highest BCUT2D eigenvalue weighted by Gasteiger charge is 2.25. The molecule has 0 spiro atoms. The molecule has 7 heteroatoms. The topological polar surface area (TPSA) is 66.5 Å². The fraction of sp³-hybridized carbons (Fsp3) is 0.733. The summed E-state index contributed by atoms with van der Waals surface area (Å²) >= 11 is 1.61. The van der Waals surface area contributed by atoms with E-state index in [-0.39, 0.29) is 17.6 Å². The first-order valence-electron chi connectivity index (χ1n) is 7.67. The van der Waals surface area contributed by atoms with Gasteiger partial charge in [0, 0.05) is 36.2 Å². The maximum atomic E-state index is 12.2. The number of nitrogens with zero attached hydrogens (tertiary/aromatic N) is 2. The minimum atomic E-state index is -0.292. The molecule has 2 N–H and O–H groups in total. The van der Waals surface area contributed by atoms with E-state index in [0.717, 1.165) is 42.7 Å². The van der Waals surface area contributed by atoms with Gasteiger partial charge in [-0.2, -0.15) is 0 Å². The maximum Gasteiger partial charge on any atom is 0.315 e. The Morgan fingerprint density at radius 3 is 2.77 bits per heavy atom. The standard InChI is InChI=1S/C15H26N4O2S/c1-11-9-16-13(22-11)12(2)17-14(20)18-15(3,4)10-19-5-7-21-8-6-19/h9,12H,5-8,10H2,1-4H3,(H2,17,18,20). The minimum absolute atomic E-state index is 0.0853. The van der Waals surface area contributed by atoms with Gasteiger partial charge >= 0.3 is 6.03 Å². The molecular weight excluding hydrogens is 300 g/mol. The summed E-state index contributed by atoms with van der Waals surface area (Å²) in [4.78, 5) is 20.0. The third kappa shape index (κ3) is 5.23. The van der Waals surface area contributed by atoms with Crippen LogP contribution >= 0.6 is 11.3 Å². The van der Waals surface area contributed by atoms with Crippen molar-refractivity contribution in [1.29, 1.82) is 0 Å². The smallest absolute Gasteiger partial charge is 0.315 e. The van der Waals surface area contributed by atoms with Gasteiger partial charge in [-0.15, -0.1) is 11.3 Å². The first-order chi connectivity index (χ1) is 10.4. The van der Waals surface area contributed by atoms with Crippen LogP contribution in [-0.2, 0) is 4.74 Å². The number of carbonyl (C=O) groups is 1. The second kappa shape index (κ2) is 7.39. The molecule has 0 aliphatic carbocycles. The van der Waals surface area contributed by atoms with Crippen LogP contribution in [0.2, 0.25) is 0 Å². The lowest BCUT2D eigenvalue weighted by molar-refractivity contribution is 0.0280. The van der Waals surface area contributed by atoms with E-state index in [1.165, 1.54) is 0 Å². The lowest BCUT2D eigenvalue weighted by Gasteiger charge is -2.35. The molecule has 1 aliphatic rings. The van der Waals surface area contributed by atoms with E-state index in [4.69, 9.17) is 4.74 Å². The third-order valence-corrected chi connectivity index (χ3v) is 4.63. The van der Waals surface area contributed by atoms with Crippen LogP contribution in [0.3, 0.4) is 0 Å². The zero-order valence-corrected chi connectivity index (χ0v) is 14.6. The Bertz CT molecular complexity index is 497. The summed E-state index contributed by atoms with van der Waals surface area (Å²) < 4.78 is 5.35. The van der Waals surface area contributed by atoms with E-state index in [1.807, 2.05) is 33.9 Å². The van der Waals surface area contributed by atoms with Crippen LogP contribution in [0.1, 0.15) is 36.7 Å². The Morgan fingerprint density at radius 2 is 2.18 bits per heavy atom. The number of hydrogen-bond acceptors (Lipinski definition) is 5.